The maximum atomic E-state index is 11.9. The molecule has 0 amide bonds. The Balaban J connectivity index is 3.25. The van der Waals surface area contributed by atoms with Crippen molar-refractivity contribution >= 4 is 17.5 Å². The van der Waals surface area contributed by atoms with Crippen LogP contribution in [0, 0.1) is 0 Å². The van der Waals surface area contributed by atoms with Gasteiger partial charge in [0.1, 0.15) is 18.3 Å². The van der Waals surface area contributed by atoms with Crippen LogP contribution in [0.2, 0.25) is 0 Å². The number of carbonyl (C=O) groups excluding carboxylic acids is 1. The highest BCUT2D eigenvalue weighted by molar-refractivity contribution is 8.00. The Morgan fingerprint density at radius 3 is 2.32 bits per heavy atom. The summed E-state index contributed by atoms with van der Waals surface area (Å²) in [6.07, 6.45) is -5.07. The van der Waals surface area contributed by atoms with Crippen molar-refractivity contribution in [2.75, 3.05) is 12.4 Å². The van der Waals surface area contributed by atoms with E-state index in [1.807, 2.05) is 0 Å². The van der Waals surface area contributed by atoms with Gasteiger partial charge in [-0.3, -0.25) is 4.79 Å². The third kappa shape index (κ3) is 2.54. The van der Waals surface area contributed by atoms with Crippen molar-refractivity contribution in [1.82, 2.24) is 0 Å². The summed E-state index contributed by atoms with van der Waals surface area (Å²) >= 11 is 0.710. The summed E-state index contributed by atoms with van der Waals surface area (Å²) in [6.45, 7) is 2.45. The highest BCUT2D eigenvalue weighted by atomic mass is 32.2. The van der Waals surface area contributed by atoms with E-state index >= 15 is 0 Å². The zero-order chi connectivity index (χ0) is 14.8. The molecule has 8 heteroatoms. The van der Waals surface area contributed by atoms with E-state index in [1.54, 1.807) is 6.92 Å². The molecule has 19 heavy (non-hydrogen) atoms. The molecule has 0 radical (unpaired) electrons. The van der Waals surface area contributed by atoms with Crippen molar-refractivity contribution in [1.29, 1.82) is 0 Å². The maximum absolute atomic E-state index is 11.9. The van der Waals surface area contributed by atoms with Crippen molar-refractivity contribution in [3.63, 3.8) is 0 Å². The molecule has 0 aromatic heterocycles. The molecule has 0 spiro atoms. The van der Waals surface area contributed by atoms with Gasteiger partial charge in [0.2, 0.25) is 5.60 Å². The predicted octanol–water partition coefficient (Wildman–Crippen LogP) is -1.79. The molecule has 7 nitrogen and oxygen atoms in total. The van der Waals surface area contributed by atoms with Gasteiger partial charge in [-0.2, -0.15) is 0 Å². The molecule has 5 atom stereocenters. The Bertz CT molecular complexity index is 339. The predicted molar refractivity (Wildman–Crippen MR) is 67.3 cm³/mol. The molecule has 112 valence electrons. The number of Topliss-reactive ketones (excluding diaryl/α,β-unsaturated/α-hetero) is 1. The first-order valence-electron chi connectivity index (χ1n) is 6.05. The van der Waals surface area contributed by atoms with Crippen molar-refractivity contribution in [2.24, 2.45) is 0 Å². The molecule has 5 N–H and O–H groups in total. The van der Waals surface area contributed by atoms with E-state index in [-0.39, 0.29) is 12.2 Å². The zero-order valence-electron chi connectivity index (χ0n) is 10.8. The van der Waals surface area contributed by atoms with Gasteiger partial charge in [-0.15, -0.1) is 0 Å². The molecule has 0 aliphatic carbocycles. The van der Waals surface area contributed by atoms with Crippen molar-refractivity contribution in [2.45, 2.75) is 49.3 Å². The van der Waals surface area contributed by atoms with E-state index < -0.39 is 41.4 Å². The number of rotatable bonds is 5. The second-order valence-corrected chi connectivity index (χ2v) is 5.75. The molecule has 0 aromatic carbocycles. The molecule has 1 heterocycles. The van der Waals surface area contributed by atoms with Crippen molar-refractivity contribution < 1.29 is 35.1 Å². The molecule has 1 fully saturated rings. The lowest BCUT2D eigenvalue weighted by molar-refractivity contribution is -0.334. The first-order chi connectivity index (χ1) is 8.78. The van der Waals surface area contributed by atoms with E-state index in [2.05, 4.69) is 0 Å². The SMILES string of the molecule is CCS[C@]1(O)O[C@H](CO)[C@@H](O)[C@H](O)[C@]1(O)C(=O)CC. The molecule has 1 aliphatic heterocycles. The number of hydrogen-bond donors (Lipinski definition) is 5. The van der Waals surface area contributed by atoms with Gasteiger partial charge in [0.15, 0.2) is 5.78 Å². The van der Waals surface area contributed by atoms with Crippen molar-refractivity contribution in [3.05, 3.63) is 0 Å². The van der Waals surface area contributed by atoms with Crippen LogP contribution in [-0.4, -0.2) is 72.7 Å². The van der Waals surface area contributed by atoms with Crippen LogP contribution in [-0.2, 0) is 9.53 Å². The summed E-state index contributed by atoms with van der Waals surface area (Å²) < 4.78 is 5.07. The minimum absolute atomic E-state index is 0.153. The number of ketones is 1. The van der Waals surface area contributed by atoms with Gasteiger partial charge < -0.3 is 30.3 Å². The Kier molecular flexibility index (Phi) is 5.35. The Labute approximate surface area is 115 Å². The summed E-state index contributed by atoms with van der Waals surface area (Å²) in [7, 11) is 0. The number of ether oxygens (including phenoxy) is 1. The molecule has 0 bridgehead atoms. The van der Waals surface area contributed by atoms with Gasteiger partial charge in [-0.1, -0.05) is 25.6 Å². The smallest absolute Gasteiger partial charge is 0.256 e. The number of hydrogen-bond acceptors (Lipinski definition) is 8. The lowest BCUT2D eigenvalue weighted by Gasteiger charge is -2.51. The maximum Gasteiger partial charge on any atom is 0.256 e. The molecule has 0 aromatic rings. The molecule has 0 unspecified atom stereocenters. The van der Waals surface area contributed by atoms with E-state index in [4.69, 9.17) is 9.84 Å². The fourth-order valence-corrected chi connectivity index (χ4v) is 3.14. The van der Waals surface area contributed by atoms with Gasteiger partial charge in [-0.05, 0) is 5.75 Å². The number of aliphatic hydroxyl groups is 5. The quantitative estimate of drug-likeness (QED) is 0.376. The molecule has 1 aliphatic rings. The van der Waals surface area contributed by atoms with Gasteiger partial charge >= 0.3 is 0 Å². The van der Waals surface area contributed by atoms with Crippen LogP contribution in [0.4, 0.5) is 0 Å². The molecule has 1 saturated heterocycles. The van der Waals surface area contributed by atoms with Crippen LogP contribution in [0.25, 0.3) is 0 Å². The lowest BCUT2D eigenvalue weighted by atomic mass is 9.82. The van der Waals surface area contributed by atoms with Crippen LogP contribution in [0.1, 0.15) is 20.3 Å². The minimum Gasteiger partial charge on any atom is -0.394 e. The van der Waals surface area contributed by atoms with E-state index in [1.165, 1.54) is 6.92 Å². The summed E-state index contributed by atoms with van der Waals surface area (Å²) in [5.74, 6) is -0.560. The third-order valence-corrected chi connectivity index (χ3v) is 4.28. The second-order valence-electron chi connectivity index (χ2n) is 4.33. The van der Waals surface area contributed by atoms with Crippen LogP contribution < -0.4 is 0 Å². The van der Waals surface area contributed by atoms with E-state index in [0.29, 0.717) is 11.8 Å². The Morgan fingerprint density at radius 2 is 1.89 bits per heavy atom. The Morgan fingerprint density at radius 1 is 1.32 bits per heavy atom. The standard InChI is InChI=1S/C11H20O7S/c1-3-7(13)10(16)9(15)8(14)6(5-12)18-11(10,17)19-4-2/h6,8-9,12,14-17H,3-5H2,1-2H3/t6-,8-,9+,10-,11-/m1/s1. The average Bonchev–Trinajstić information content (AvgIpc) is 2.40. The van der Waals surface area contributed by atoms with Crippen LogP contribution in [0.3, 0.4) is 0 Å². The summed E-state index contributed by atoms with van der Waals surface area (Å²) in [5, 5.41) is 47.1. The van der Waals surface area contributed by atoms with Crippen LogP contribution >= 0.6 is 11.8 Å². The molecule has 0 saturated carbocycles. The summed E-state index contributed by atoms with van der Waals surface area (Å²) in [6, 6.07) is 0. The third-order valence-electron chi connectivity index (χ3n) is 3.19. The van der Waals surface area contributed by atoms with Gasteiger partial charge in [-0.25, -0.2) is 0 Å². The fraction of sp³-hybridized carbons (Fsp3) is 0.909. The lowest BCUT2D eigenvalue weighted by Crippen LogP contribution is -2.74. The summed E-state index contributed by atoms with van der Waals surface area (Å²) in [4.78, 5) is 11.9. The van der Waals surface area contributed by atoms with Crippen LogP contribution in [0.15, 0.2) is 0 Å². The monoisotopic (exact) mass is 296 g/mol. The van der Waals surface area contributed by atoms with Gasteiger partial charge in [0, 0.05) is 6.42 Å². The average molecular weight is 296 g/mol. The van der Waals surface area contributed by atoms with Gasteiger partial charge in [0.05, 0.1) is 6.61 Å². The zero-order valence-corrected chi connectivity index (χ0v) is 11.6. The first-order valence-corrected chi connectivity index (χ1v) is 7.03. The fourth-order valence-electron chi connectivity index (χ4n) is 2.10. The summed E-state index contributed by atoms with van der Waals surface area (Å²) in [5.41, 5.74) is -2.65. The number of carbonyl (C=O) groups is 1. The number of aliphatic hydroxyl groups excluding tert-OH is 3. The molecular weight excluding hydrogens is 276 g/mol. The van der Waals surface area contributed by atoms with Crippen molar-refractivity contribution in [3.8, 4) is 0 Å². The topological polar surface area (TPSA) is 127 Å². The number of thioether (sulfide) groups is 1. The highest BCUT2D eigenvalue weighted by Crippen LogP contribution is 2.44. The molecule has 1 rings (SSSR count). The normalized spacial score (nSPS) is 43.2. The van der Waals surface area contributed by atoms with E-state index in [9.17, 15) is 25.2 Å². The van der Waals surface area contributed by atoms with Crippen LogP contribution in [0.5, 0.6) is 0 Å². The second kappa shape index (κ2) is 6.04. The Hall–Kier alpha value is -0.220. The first kappa shape index (κ1) is 16.8. The highest BCUT2D eigenvalue weighted by Gasteiger charge is 2.67. The molecular formula is C11H20O7S. The van der Waals surface area contributed by atoms with Gasteiger partial charge in [0.25, 0.3) is 5.12 Å². The van der Waals surface area contributed by atoms with E-state index in [0.717, 1.165) is 0 Å². The largest absolute Gasteiger partial charge is 0.394 e. The minimum atomic E-state index is -2.65.